The molecule has 2 rings (SSSR count). The summed E-state index contributed by atoms with van der Waals surface area (Å²) in [6, 6.07) is 10.8. The van der Waals surface area contributed by atoms with Crippen LogP contribution in [0.25, 0.3) is 0 Å². The highest BCUT2D eigenvalue weighted by molar-refractivity contribution is 6.35. The van der Waals surface area contributed by atoms with Crippen LogP contribution >= 0.6 is 11.6 Å². The number of aryl methyl sites for hydroxylation is 2. The van der Waals surface area contributed by atoms with Gasteiger partial charge in [0.05, 0.1) is 12.1 Å². The van der Waals surface area contributed by atoms with Gasteiger partial charge in [-0.15, -0.1) is 0 Å². The topological polar surface area (TPSA) is 26.3 Å². The molecular formula is C16H15ClO2. The van der Waals surface area contributed by atoms with E-state index in [1.54, 1.807) is 31.4 Å². The largest absolute Gasteiger partial charge is 0.496 e. The minimum Gasteiger partial charge on any atom is -0.496 e. The molecule has 0 aliphatic rings. The zero-order valence-electron chi connectivity index (χ0n) is 11.2. The van der Waals surface area contributed by atoms with Crippen molar-refractivity contribution in [3.05, 3.63) is 63.7 Å². The number of rotatable bonds is 3. The van der Waals surface area contributed by atoms with Crippen molar-refractivity contribution in [3.63, 3.8) is 0 Å². The van der Waals surface area contributed by atoms with E-state index in [2.05, 4.69) is 0 Å². The molecule has 2 aromatic carbocycles. The second-order valence-corrected chi connectivity index (χ2v) is 4.90. The Morgan fingerprint density at radius 3 is 2.42 bits per heavy atom. The summed E-state index contributed by atoms with van der Waals surface area (Å²) >= 11 is 6.13. The lowest BCUT2D eigenvalue weighted by Crippen LogP contribution is -2.03. The highest BCUT2D eigenvalue weighted by Gasteiger charge is 2.14. The van der Waals surface area contributed by atoms with Crippen molar-refractivity contribution in [3.8, 4) is 5.75 Å². The molecule has 0 bridgehead atoms. The van der Waals surface area contributed by atoms with Gasteiger partial charge >= 0.3 is 0 Å². The van der Waals surface area contributed by atoms with Gasteiger partial charge in [0, 0.05) is 11.1 Å². The van der Waals surface area contributed by atoms with Gasteiger partial charge in [0.2, 0.25) is 0 Å². The highest BCUT2D eigenvalue weighted by atomic mass is 35.5. The van der Waals surface area contributed by atoms with Gasteiger partial charge in [0.1, 0.15) is 5.75 Å². The first kappa shape index (κ1) is 13.6. The first-order chi connectivity index (χ1) is 9.02. The van der Waals surface area contributed by atoms with E-state index in [-0.39, 0.29) is 5.78 Å². The lowest BCUT2D eigenvalue weighted by molar-refractivity contribution is 0.103. The molecule has 3 heteroatoms. The molecule has 0 heterocycles. The fourth-order valence-electron chi connectivity index (χ4n) is 1.98. The van der Waals surface area contributed by atoms with Crippen molar-refractivity contribution in [2.75, 3.05) is 7.11 Å². The quantitative estimate of drug-likeness (QED) is 0.784. The van der Waals surface area contributed by atoms with Gasteiger partial charge in [-0.05, 0) is 55.3 Å². The van der Waals surface area contributed by atoms with Gasteiger partial charge in [-0.2, -0.15) is 0 Å². The molecule has 0 spiro atoms. The molecule has 0 fully saturated rings. The standard InChI is InChI=1S/C16H15ClO2/c1-10-4-6-13(14(17)8-10)16(18)12-5-7-15(19-3)11(2)9-12/h4-9H,1-3H3. The average molecular weight is 275 g/mol. The average Bonchev–Trinajstić information content (AvgIpc) is 2.38. The lowest BCUT2D eigenvalue weighted by atomic mass is 10.0. The predicted octanol–water partition coefficient (Wildman–Crippen LogP) is 4.20. The number of ketones is 1. The summed E-state index contributed by atoms with van der Waals surface area (Å²) < 4.78 is 5.19. The molecule has 0 N–H and O–H groups in total. The van der Waals surface area contributed by atoms with Crippen molar-refractivity contribution in [1.29, 1.82) is 0 Å². The normalized spacial score (nSPS) is 10.3. The van der Waals surface area contributed by atoms with Crippen LogP contribution in [0.3, 0.4) is 0 Å². The predicted molar refractivity (Wildman–Crippen MR) is 77.4 cm³/mol. The monoisotopic (exact) mass is 274 g/mol. The molecule has 98 valence electrons. The van der Waals surface area contributed by atoms with Crippen LogP contribution in [-0.2, 0) is 0 Å². The molecule has 0 aliphatic carbocycles. The van der Waals surface area contributed by atoms with Gasteiger partial charge in [-0.25, -0.2) is 0 Å². The molecule has 0 aliphatic heterocycles. The Bertz CT molecular complexity index is 633. The van der Waals surface area contributed by atoms with Gasteiger partial charge < -0.3 is 4.74 Å². The minimum atomic E-state index is -0.0734. The molecule has 0 amide bonds. The zero-order chi connectivity index (χ0) is 14.0. The summed E-state index contributed by atoms with van der Waals surface area (Å²) in [5, 5.41) is 0.485. The minimum absolute atomic E-state index is 0.0734. The van der Waals surface area contributed by atoms with Gasteiger partial charge in [0.15, 0.2) is 5.78 Å². The van der Waals surface area contributed by atoms with Gasteiger partial charge in [0.25, 0.3) is 0 Å². The summed E-state index contributed by atoms with van der Waals surface area (Å²) in [6.45, 7) is 3.85. The molecule has 0 saturated heterocycles. The molecule has 0 unspecified atom stereocenters. The summed E-state index contributed by atoms with van der Waals surface area (Å²) in [5.74, 6) is 0.697. The van der Waals surface area contributed by atoms with E-state index >= 15 is 0 Å². The summed E-state index contributed by atoms with van der Waals surface area (Å²) in [6.07, 6.45) is 0. The molecule has 0 radical (unpaired) electrons. The number of ether oxygens (including phenoxy) is 1. The number of carbonyl (C=O) groups excluding carboxylic acids is 1. The number of methoxy groups -OCH3 is 1. The van der Waals surface area contributed by atoms with E-state index in [0.717, 1.165) is 16.9 Å². The first-order valence-electron chi connectivity index (χ1n) is 5.98. The number of hydrogen-bond acceptors (Lipinski definition) is 2. The third-order valence-corrected chi connectivity index (χ3v) is 3.34. The highest BCUT2D eigenvalue weighted by Crippen LogP contribution is 2.24. The second kappa shape index (κ2) is 5.45. The Kier molecular flexibility index (Phi) is 3.91. The Hall–Kier alpha value is -1.80. The van der Waals surface area contributed by atoms with Crippen molar-refractivity contribution in [2.45, 2.75) is 13.8 Å². The zero-order valence-corrected chi connectivity index (χ0v) is 11.9. The molecule has 19 heavy (non-hydrogen) atoms. The van der Waals surface area contributed by atoms with E-state index in [0.29, 0.717) is 16.1 Å². The van der Waals surface area contributed by atoms with E-state index in [1.807, 2.05) is 26.0 Å². The Labute approximate surface area is 118 Å². The van der Waals surface area contributed by atoms with E-state index < -0.39 is 0 Å². The van der Waals surface area contributed by atoms with Crippen LogP contribution < -0.4 is 4.74 Å². The van der Waals surface area contributed by atoms with E-state index in [1.165, 1.54) is 0 Å². The van der Waals surface area contributed by atoms with Crippen LogP contribution in [0, 0.1) is 13.8 Å². The second-order valence-electron chi connectivity index (χ2n) is 4.50. The SMILES string of the molecule is COc1ccc(C(=O)c2ccc(C)cc2Cl)cc1C. The van der Waals surface area contributed by atoms with Crippen molar-refractivity contribution in [1.82, 2.24) is 0 Å². The van der Waals surface area contributed by atoms with Crippen LogP contribution in [0.15, 0.2) is 36.4 Å². The maximum Gasteiger partial charge on any atom is 0.194 e. The number of carbonyl (C=O) groups is 1. The van der Waals surface area contributed by atoms with Gasteiger partial charge in [-0.1, -0.05) is 17.7 Å². The molecule has 2 aromatic rings. The van der Waals surface area contributed by atoms with Crippen molar-refractivity contribution in [2.24, 2.45) is 0 Å². The van der Waals surface area contributed by atoms with Crippen LogP contribution in [0.1, 0.15) is 27.0 Å². The first-order valence-corrected chi connectivity index (χ1v) is 6.36. The van der Waals surface area contributed by atoms with E-state index in [9.17, 15) is 4.79 Å². The third-order valence-electron chi connectivity index (χ3n) is 3.03. The smallest absolute Gasteiger partial charge is 0.194 e. The fourth-order valence-corrected chi connectivity index (χ4v) is 2.30. The number of halogens is 1. The van der Waals surface area contributed by atoms with Gasteiger partial charge in [-0.3, -0.25) is 4.79 Å². The third kappa shape index (κ3) is 2.79. The van der Waals surface area contributed by atoms with Crippen molar-refractivity contribution < 1.29 is 9.53 Å². The van der Waals surface area contributed by atoms with E-state index in [4.69, 9.17) is 16.3 Å². The maximum atomic E-state index is 12.4. The number of benzene rings is 2. The number of hydrogen-bond donors (Lipinski definition) is 0. The maximum absolute atomic E-state index is 12.4. The molecule has 0 saturated carbocycles. The molecule has 2 nitrogen and oxygen atoms in total. The Balaban J connectivity index is 2.41. The van der Waals surface area contributed by atoms with Crippen LogP contribution in [0.5, 0.6) is 5.75 Å². The summed E-state index contributed by atoms with van der Waals surface area (Å²) in [4.78, 5) is 12.4. The van der Waals surface area contributed by atoms with Crippen LogP contribution in [0.2, 0.25) is 5.02 Å². The van der Waals surface area contributed by atoms with Crippen molar-refractivity contribution >= 4 is 17.4 Å². The fraction of sp³-hybridized carbons (Fsp3) is 0.188. The Morgan fingerprint density at radius 2 is 1.84 bits per heavy atom. The van der Waals surface area contributed by atoms with Crippen LogP contribution in [-0.4, -0.2) is 12.9 Å². The molecule has 0 aromatic heterocycles. The Morgan fingerprint density at radius 1 is 1.11 bits per heavy atom. The lowest BCUT2D eigenvalue weighted by Gasteiger charge is -2.08. The van der Waals surface area contributed by atoms with Crippen LogP contribution in [0.4, 0.5) is 0 Å². The molecule has 0 atom stereocenters. The summed E-state index contributed by atoms with van der Waals surface area (Å²) in [5.41, 5.74) is 3.10. The molecular weight excluding hydrogens is 260 g/mol. The summed E-state index contributed by atoms with van der Waals surface area (Å²) in [7, 11) is 1.61.